The molecular weight excluding hydrogens is 254 g/mol. The Kier molecular flexibility index (Phi) is 4.68. The van der Waals surface area contributed by atoms with Crippen molar-refractivity contribution in [2.75, 3.05) is 13.1 Å². The normalized spacial score (nSPS) is 35.9. The molecule has 2 amide bonds. The van der Waals surface area contributed by atoms with Crippen LogP contribution in [0.25, 0.3) is 0 Å². The average molecular weight is 281 g/mol. The highest BCUT2D eigenvalue weighted by Gasteiger charge is 2.38. The highest BCUT2D eigenvalue weighted by Crippen LogP contribution is 2.34. The van der Waals surface area contributed by atoms with E-state index in [1.54, 1.807) is 0 Å². The van der Waals surface area contributed by atoms with E-state index in [1.807, 2.05) is 4.90 Å². The topological polar surface area (TPSA) is 89.4 Å². The Morgan fingerprint density at radius 2 is 1.65 bits per heavy atom. The van der Waals surface area contributed by atoms with Crippen molar-refractivity contribution in [3.05, 3.63) is 0 Å². The van der Waals surface area contributed by atoms with Crippen molar-refractivity contribution in [2.45, 2.75) is 45.6 Å². The highest BCUT2D eigenvalue weighted by atomic mass is 16.2. The minimum absolute atomic E-state index is 0.0475. The molecule has 5 heteroatoms. The van der Waals surface area contributed by atoms with Crippen molar-refractivity contribution in [3.63, 3.8) is 0 Å². The van der Waals surface area contributed by atoms with E-state index in [0.29, 0.717) is 37.8 Å². The van der Waals surface area contributed by atoms with Gasteiger partial charge in [0.2, 0.25) is 11.8 Å². The fourth-order valence-corrected chi connectivity index (χ4v) is 3.65. The first-order chi connectivity index (χ1) is 9.40. The summed E-state index contributed by atoms with van der Waals surface area (Å²) in [5.41, 5.74) is 11.5. The number of amides is 2. The molecule has 5 nitrogen and oxygen atoms in total. The van der Waals surface area contributed by atoms with Gasteiger partial charge in [-0.1, -0.05) is 13.8 Å². The molecule has 0 radical (unpaired) electrons. The van der Waals surface area contributed by atoms with Gasteiger partial charge in [-0.2, -0.15) is 0 Å². The summed E-state index contributed by atoms with van der Waals surface area (Å²) < 4.78 is 0. The molecule has 2 aliphatic rings. The number of hydrogen-bond donors (Lipinski definition) is 2. The average Bonchev–Trinajstić information content (AvgIpc) is 2.42. The summed E-state index contributed by atoms with van der Waals surface area (Å²) in [6.45, 7) is 5.63. The number of piperidine rings is 1. The van der Waals surface area contributed by atoms with Crippen LogP contribution in [0.15, 0.2) is 0 Å². The molecule has 1 heterocycles. The van der Waals surface area contributed by atoms with Crippen molar-refractivity contribution >= 4 is 11.8 Å². The molecule has 0 aromatic heterocycles. The quantitative estimate of drug-likeness (QED) is 0.781. The smallest absolute Gasteiger partial charge is 0.226 e. The van der Waals surface area contributed by atoms with Crippen LogP contribution in [0.5, 0.6) is 0 Å². The summed E-state index contributed by atoms with van der Waals surface area (Å²) in [5, 5.41) is 0. The molecule has 1 aliphatic heterocycles. The molecule has 1 aliphatic carbocycles. The van der Waals surface area contributed by atoms with Gasteiger partial charge >= 0.3 is 0 Å². The van der Waals surface area contributed by atoms with Crippen LogP contribution in [0.3, 0.4) is 0 Å². The molecule has 0 bridgehead atoms. The minimum Gasteiger partial charge on any atom is -0.369 e. The summed E-state index contributed by atoms with van der Waals surface area (Å²) in [5.74, 6) is 0.860. The molecule has 1 saturated heterocycles. The van der Waals surface area contributed by atoms with Gasteiger partial charge in [-0.05, 0) is 37.5 Å². The SMILES string of the molecule is CC1CC(C)C(C(=O)N2CCC(C(N)=O)CC2)CC1N. The standard InChI is InChI=1S/C15H27N3O2/c1-9-7-10(2)13(16)8-12(9)15(20)18-5-3-11(4-6-18)14(17)19/h9-13H,3-8,16H2,1-2H3,(H2,17,19). The van der Waals surface area contributed by atoms with Gasteiger partial charge in [0.25, 0.3) is 0 Å². The van der Waals surface area contributed by atoms with E-state index in [9.17, 15) is 9.59 Å². The van der Waals surface area contributed by atoms with Crippen LogP contribution in [0.1, 0.15) is 39.5 Å². The summed E-state index contributed by atoms with van der Waals surface area (Å²) >= 11 is 0. The van der Waals surface area contributed by atoms with Crippen molar-refractivity contribution in [2.24, 2.45) is 35.1 Å². The molecule has 0 spiro atoms. The van der Waals surface area contributed by atoms with Gasteiger partial charge in [-0.3, -0.25) is 9.59 Å². The van der Waals surface area contributed by atoms with Gasteiger partial charge in [-0.15, -0.1) is 0 Å². The fourth-order valence-electron chi connectivity index (χ4n) is 3.65. The van der Waals surface area contributed by atoms with Crippen molar-refractivity contribution in [1.82, 2.24) is 4.90 Å². The molecule has 1 saturated carbocycles. The number of carbonyl (C=O) groups is 2. The molecule has 0 aromatic rings. The van der Waals surface area contributed by atoms with Crippen molar-refractivity contribution < 1.29 is 9.59 Å². The van der Waals surface area contributed by atoms with Crippen LogP contribution in [-0.4, -0.2) is 35.8 Å². The number of hydrogen-bond acceptors (Lipinski definition) is 3. The molecule has 20 heavy (non-hydrogen) atoms. The van der Waals surface area contributed by atoms with E-state index in [1.165, 1.54) is 0 Å². The molecule has 114 valence electrons. The Balaban J connectivity index is 1.93. The Morgan fingerprint density at radius 3 is 2.20 bits per heavy atom. The second-order valence-electron chi connectivity index (χ2n) is 6.70. The molecular formula is C15H27N3O2. The van der Waals surface area contributed by atoms with Crippen LogP contribution in [0.4, 0.5) is 0 Å². The largest absolute Gasteiger partial charge is 0.369 e. The maximum atomic E-state index is 12.6. The van der Waals surface area contributed by atoms with E-state index in [-0.39, 0.29) is 29.7 Å². The first-order valence-corrected chi connectivity index (χ1v) is 7.73. The summed E-state index contributed by atoms with van der Waals surface area (Å²) in [6.07, 6.45) is 3.21. The Morgan fingerprint density at radius 1 is 1.05 bits per heavy atom. The van der Waals surface area contributed by atoms with Gasteiger partial charge in [0, 0.05) is 31.0 Å². The van der Waals surface area contributed by atoms with Gasteiger partial charge in [0.15, 0.2) is 0 Å². The molecule has 2 fully saturated rings. The second-order valence-corrected chi connectivity index (χ2v) is 6.70. The van der Waals surface area contributed by atoms with Crippen LogP contribution in [0, 0.1) is 23.7 Å². The number of nitrogens with zero attached hydrogens (tertiary/aromatic N) is 1. The molecule has 0 aromatic carbocycles. The lowest BCUT2D eigenvalue weighted by Crippen LogP contribution is -2.49. The van der Waals surface area contributed by atoms with Crippen LogP contribution >= 0.6 is 0 Å². The molecule has 4 unspecified atom stereocenters. The predicted molar refractivity (Wildman–Crippen MR) is 77.5 cm³/mol. The minimum atomic E-state index is -0.237. The third kappa shape index (κ3) is 3.14. The maximum Gasteiger partial charge on any atom is 0.226 e. The fraction of sp³-hybridized carbons (Fsp3) is 0.867. The lowest BCUT2D eigenvalue weighted by atomic mass is 9.72. The number of rotatable bonds is 2. The van der Waals surface area contributed by atoms with Crippen LogP contribution < -0.4 is 11.5 Å². The lowest BCUT2D eigenvalue weighted by Gasteiger charge is -2.40. The van der Waals surface area contributed by atoms with E-state index >= 15 is 0 Å². The first kappa shape index (κ1) is 15.3. The number of nitrogens with two attached hydrogens (primary N) is 2. The highest BCUT2D eigenvalue weighted by molar-refractivity contribution is 5.80. The zero-order chi connectivity index (χ0) is 14.9. The molecule has 4 atom stereocenters. The number of primary amides is 1. The first-order valence-electron chi connectivity index (χ1n) is 7.73. The third-order valence-corrected chi connectivity index (χ3v) is 5.21. The summed E-state index contributed by atoms with van der Waals surface area (Å²) in [6, 6.07) is 0.128. The van der Waals surface area contributed by atoms with Crippen molar-refractivity contribution in [3.8, 4) is 0 Å². The van der Waals surface area contributed by atoms with E-state index in [2.05, 4.69) is 13.8 Å². The zero-order valence-electron chi connectivity index (χ0n) is 12.5. The van der Waals surface area contributed by atoms with E-state index in [0.717, 1.165) is 12.8 Å². The third-order valence-electron chi connectivity index (χ3n) is 5.21. The van der Waals surface area contributed by atoms with E-state index in [4.69, 9.17) is 11.5 Å². The zero-order valence-corrected chi connectivity index (χ0v) is 12.5. The lowest BCUT2D eigenvalue weighted by molar-refractivity contribution is -0.141. The Bertz CT molecular complexity index is 377. The predicted octanol–water partition coefficient (Wildman–Crippen LogP) is 0.720. The van der Waals surface area contributed by atoms with E-state index < -0.39 is 0 Å². The summed E-state index contributed by atoms with van der Waals surface area (Å²) in [7, 11) is 0. The van der Waals surface area contributed by atoms with Gasteiger partial charge in [0.1, 0.15) is 0 Å². The Hall–Kier alpha value is -1.10. The van der Waals surface area contributed by atoms with Crippen molar-refractivity contribution in [1.29, 1.82) is 0 Å². The molecule has 4 N–H and O–H groups in total. The summed E-state index contributed by atoms with van der Waals surface area (Å²) in [4.78, 5) is 25.7. The molecule has 2 rings (SSSR count). The van der Waals surface area contributed by atoms with Crippen LogP contribution in [0.2, 0.25) is 0 Å². The van der Waals surface area contributed by atoms with Gasteiger partial charge < -0.3 is 16.4 Å². The number of carbonyl (C=O) groups excluding carboxylic acids is 2. The monoisotopic (exact) mass is 281 g/mol. The second kappa shape index (κ2) is 6.12. The van der Waals surface area contributed by atoms with Crippen LogP contribution in [-0.2, 0) is 9.59 Å². The van der Waals surface area contributed by atoms with Gasteiger partial charge in [0.05, 0.1) is 0 Å². The number of likely N-dealkylation sites (tertiary alicyclic amines) is 1. The maximum absolute atomic E-state index is 12.6. The Labute approximate surface area is 121 Å². The van der Waals surface area contributed by atoms with Gasteiger partial charge in [-0.25, -0.2) is 0 Å².